The van der Waals surface area contributed by atoms with Crippen LogP contribution in [0.2, 0.25) is 0 Å². The number of rotatable bonds is 7. The first-order valence-electron chi connectivity index (χ1n) is 7.80. The van der Waals surface area contributed by atoms with Crippen molar-refractivity contribution < 1.29 is 9.90 Å². The van der Waals surface area contributed by atoms with Gasteiger partial charge in [-0.3, -0.25) is 4.98 Å². The lowest BCUT2D eigenvalue weighted by Gasteiger charge is -2.07. The molecule has 0 fully saturated rings. The van der Waals surface area contributed by atoms with E-state index in [2.05, 4.69) is 37.4 Å². The second kappa shape index (κ2) is 7.47. The van der Waals surface area contributed by atoms with E-state index in [0.717, 1.165) is 18.8 Å². The van der Waals surface area contributed by atoms with Crippen LogP contribution < -0.4 is 5.32 Å². The van der Waals surface area contributed by atoms with Crippen molar-refractivity contribution in [3.05, 3.63) is 48.3 Å². The topological polar surface area (TPSA) is 119 Å². The highest BCUT2D eigenvalue weighted by molar-refractivity contribution is 5.88. The average Bonchev–Trinajstić information content (AvgIpc) is 3.08. The number of carboxylic acid groups (broad SMARTS) is 1. The molecule has 2 N–H and O–H groups in total. The van der Waals surface area contributed by atoms with Crippen LogP contribution in [0, 0.1) is 0 Å². The van der Waals surface area contributed by atoms with Crippen molar-refractivity contribution in [2.45, 2.75) is 26.4 Å². The fourth-order valence-electron chi connectivity index (χ4n) is 2.29. The van der Waals surface area contributed by atoms with Gasteiger partial charge in [0.25, 0.3) is 0 Å². The molecular weight excluding hydrogens is 322 g/mol. The summed E-state index contributed by atoms with van der Waals surface area (Å²) in [5.74, 6) is 0.194. The number of carbonyl (C=O) groups is 1. The van der Waals surface area contributed by atoms with Crippen molar-refractivity contribution in [3.63, 3.8) is 0 Å². The fourth-order valence-corrected chi connectivity index (χ4v) is 2.29. The Hall–Kier alpha value is -3.36. The maximum atomic E-state index is 11.1. The third-order valence-electron chi connectivity index (χ3n) is 3.49. The quantitative estimate of drug-likeness (QED) is 0.669. The van der Waals surface area contributed by atoms with E-state index in [4.69, 9.17) is 5.11 Å². The van der Waals surface area contributed by atoms with Crippen LogP contribution in [0.25, 0.3) is 11.4 Å². The lowest BCUT2D eigenvalue weighted by Crippen LogP contribution is -2.10. The van der Waals surface area contributed by atoms with Crippen molar-refractivity contribution >= 4 is 11.9 Å². The molecule has 0 aliphatic carbocycles. The maximum absolute atomic E-state index is 11.1. The first-order valence-corrected chi connectivity index (χ1v) is 7.80. The van der Waals surface area contributed by atoms with Crippen LogP contribution in [0.15, 0.2) is 36.9 Å². The summed E-state index contributed by atoms with van der Waals surface area (Å²) in [5.41, 5.74) is 1.17. The minimum Gasteiger partial charge on any atom is -0.478 e. The van der Waals surface area contributed by atoms with Gasteiger partial charge in [-0.15, -0.1) is 10.2 Å². The molecule has 0 amide bonds. The summed E-state index contributed by atoms with van der Waals surface area (Å²) >= 11 is 0. The van der Waals surface area contributed by atoms with Gasteiger partial charge in [-0.25, -0.2) is 14.8 Å². The van der Waals surface area contributed by atoms with Gasteiger partial charge >= 0.3 is 5.97 Å². The third-order valence-corrected chi connectivity index (χ3v) is 3.49. The van der Waals surface area contributed by atoms with Crippen molar-refractivity contribution in [2.75, 3.05) is 5.32 Å². The van der Waals surface area contributed by atoms with E-state index >= 15 is 0 Å². The summed E-state index contributed by atoms with van der Waals surface area (Å²) in [6.07, 6.45) is 5.72. The number of hydrogen-bond donors (Lipinski definition) is 2. The average molecular weight is 339 g/mol. The molecule has 0 aromatic carbocycles. The Labute approximate surface area is 143 Å². The van der Waals surface area contributed by atoms with Gasteiger partial charge in [0.15, 0.2) is 5.82 Å². The Morgan fingerprint density at radius 2 is 2.08 bits per heavy atom. The van der Waals surface area contributed by atoms with Crippen molar-refractivity contribution in [3.8, 4) is 11.4 Å². The molecule has 3 aromatic heterocycles. The molecule has 0 spiro atoms. The zero-order chi connectivity index (χ0) is 17.6. The first-order chi connectivity index (χ1) is 12.2. The smallest absolute Gasteiger partial charge is 0.335 e. The van der Waals surface area contributed by atoms with E-state index in [1.54, 1.807) is 18.6 Å². The molecule has 25 heavy (non-hydrogen) atoms. The van der Waals surface area contributed by atoms with Gasteiger partial charge in [0, 0.05) is 18.9 Å². The normalized spacial score (nSPS) is 10.6. The minimum atomic E-state index is -1.01. The van der Waals surface area contributed by atoms with Crippen molar-refractivity contribution in [1.82, 2.24) is 29.7 Å². The monoisotopic (exact) mass is 339 g/mol. The minimum absolute atomic E-state index is 0.158. The summed E-state index contributed by atoms with van der Waals surface area (Å²) in [5, 5.41) is 20.2. The van der Waals surface area contributed by atoms with Gasteiger partial charge < -0.3 is 15.0 Å². The summed E-state index contributed by atoms with van der Waals surface area (Å²) < 4.78 is 1.97. The predicted octanol–water partition coefficient (Wildman–Crippen LogP) is 1.85. The van der Waals surface area contributed by atoms with Crippen molar-refractivity contribution in [2.24, 2.45) is 0 Å². The maximum Gasteiger partial charge on any atom is 0.335 e. The van der Waals surface area contributed by atoms with Gasteiger partial charge in [0.2, 0.25) is 5.95 Å². The SMILES string of the molecule is CCCn1cnnc1CNc1nccc(-c2cc(C(=O)O)ccn2)n1. The van der Waals surface area contributed by atoms with Crippen LogP contribution in [0.5, 0.6) is 0 Å². The first kappa shape index (κ1) is 16.5. The Morgan fingerprint density at radius 1 is 1.24 bits per heavy atom. The largest absolute Gasteiger partial charge is 0.478 e. The predicted molar refractivity (Wildman–Crippen MR) is 89.9 cm³/mol. The van der Waals surface area contributed by atoms with Crippen LogP contribution in [0.1, 0.15) is 29.5 Å². The second-order valence-electron chi connectivity index (χ2n) is 5.29. The van der Waals surface area contributed by atoms with Crippen LogP contribution in [-0.4, -0.2) is 40.8 Å². The highest BCUT2D eigenvalue weighted by Crippen LogP contribution is 2.16. The second-order valence-corrected chi connectivity index (χ2v) is 5.29. The Balaban J connectivity index is 1.76. The van der Waals surface area contributed by atoms with Gasteiger partial charge in [-0.1, -0.05) is 6.92 Å². The van der Waals surface area contributed by atoms with Gasteiger partial charge in [-0.2, -0.15) is 0 Å². The van der Waals surface area contributed by atoms with E-state index in [0.29, 0.717) is 23.9 Å². The van der Waals surface area contributed by atoms with E-state index in [1.807, 2.05) is 4.57 Å². The van der Waals surface area contributed by atoms with Crippen LogP contribution in [-0.2, 0) is 13.1 Å². The molecule has 3 heterocycles. The lowest BCUT2D eigenvalue weighted by atomic mass is 10.2. The molecule has 0 unspecified atom stereocenters. The summed E-state index contributed by atoms with van der Waals surface area (Å²) in [6.45, 7) is 3.37. The van der Waals surface area contributed by atoms with Crippen LogP contribution in [0.3, 0.4) is 0 Å². The number of aromatic carboxylic acids is 1. The summed E-state index contributed by atoms with van der Waals surface area (Å²) in [7, 11) is 0. The molecule has 3 aromatic rings. The molecule has 0 aliphatic heterocycles. The highest BCUT2D eigenvalue weighted by atomic mass is 16.4. The van der Waals surface area contributed by atoms with E-state index < -0.39 is 5.97 Å². The fraction of sp³-hybridized carbons (Fsp3) is 0.250. The molecule has 0 aliphatic rings. The number of nitrogens with one attached hydrogen (secondary N) is 1. The van der Waals surface area contributed by atoms with Crippen LogP contribution >= 0.6 is 0 Å². The third kappa shape index (κ3) is 3.94. The van der Waals surface area contributed by atoms with E-state index in [1.165, 1.54) is 18.3 Å². The number of carboxylic acids is 1. The molecule has 9 heteroatoms. The van der Waals surface area contributed by atoms with E-state index in [9.17, 15) is 4.79 Å². The zero-order valence-corrected chi connectivity index (χ0v) is 13.6. The molecule has 0 radical (unpaired) electrons. The molecule has 0 saturated heterocycles. The molecule has 9 nitrogen and oxygen atoms in total. The number of aromatic nitrogens is 6. The summed E-state index contributed by atoms with van der Waals surface area (Å²) in [6, 6.07) is 4.60. The summed E-state index contributed by atoms with van der Waals surface area (Å²) in [4.78, 5) is 23.8. The van der Waals surface area contributed by atoms with Gasteiger partial charge in [-0.05, 0) is 24.6 Å². The number of anilines is 1. The van der Waals surface area contributed by atoms with Gasteiger partial charge in [0.1, 0.15) is 6.33 Å². The van der Waals surface area contributed by atoms with Crippen molar-refractivity contribution in [1.29, 1.82) is 0 Å². The lowest BCUT2D eigenvalue weighted by molar-refractivity contribution is 0.0697. The molecule has 128 valence electrons. The number of aryl methyl sites for hydroxylation is 1. The number of nitrogens with zero attached hydrogens (tertiary/aromatic N) is 6. The highest BCUT2D eigenvalue weighted by Gasteiger charge is 2.09. The zero-order valence-electron chi connectivity index (χ0n) is 13.6. The number of hydrogen-bond acceptors (Lipinski definition) is 7. The Morgan fingerprint density at radius 3 is 2.88 bits per heavy atom. The number of pyridine rings is 1. The molecular formula is C16H17N7O2. The molecule has 3 rings (SSSR count). The Kier molecular flexibility index (Phi) is 4.93. The molecule has 0 saturated carbocycles. The van der Waals surface area contributed by atoms with E-state index in [-0.39, 0.29) is 5.56 Å². The Bertz CT molecular complexity index is 878. The van der Waals surface area contributed by atoms with Crippen LogP contribution in [0.4, 0.5) is 5.95 Å². The molecule has 0 atom stereocenters. The standard InChI is InChI=1S/C16H17N7O2/c1-2-7-23-10-20-22-14(23)9-19-16-18-6-4-12(21-16)13-8-11(15(24)25)3-5-17-13/h3-6,8,10H,2,7,9H2,1H3,(H,24,25)(H,18,19,21). The van der Waals surface area contributed by atoms with Gasteiger partial charge in [0.05, 0.1) is 23.5 Å². The molecule has 0 bridgehead atoms.